The number of benzene rings is 1. The number of rotatable bonds is 5. The largest absolute Gasteiger partial charge is 0.435 e. The van der Waals surface area contributed by atoms with E-state index in [0.29, 0.717) is 11.3 Å². The number of hydrogen-bond acceptors (Lipinski definition) is 4. The Morgan fingerprint density at radius 2 is 2.24 bits per heavy atom. The summed E-state index contributed by atoms with van der Waals surface area (Å²) in [7, 11) is 1.71. The number of anilines is 1. The Balaban J connectivity index is 2.05. The highest BCUT2D eigenvalue weighted by Crippen LogP contribution is 2.20. The lowest BCUT2D eigenvalue weighted by Gasteiger charge is -2.11. The van der Waals surface area contributed by atoms with Gasteiger partial charge in [-0.05, 0) is 12.1 Å². The van der Waals surface area contributed by atoms with E-state index in [9.17, 15) is 13.6 Å². The first-order valence-electron chi connectivity index (χ1n) is 6.05. The third-order valence-electron chi connectivity index (χ3n) is 2.69. The van der Waals surface area contributed by atoms with E-state index in [2.05, 4.69) is 15.2 Å². The van der Waals surface area contributed by atoms with Crippen LogP contribution in [0.4, 0.5) is 14.5 Å². The first-order chi connectivity index (χ1) is 9.95. The molecule has 112 valence electrons. The topological polar surface area (TPSA) is 82.2 Å². The molecule has 1 unspecified atom stereocenters. The van der Waals surface area contributed by atoms with Crippen LogP contribution in [0, 0.1) is 0 Å². The van der Waals surface area contributed by atoms with Gasteiger partial charge in [0.1, 0.15) is 11.8 Å². The number of aromatic nitrogens is 2. The summed E-state index contributed by atoms with van der Waals surface area (Å²) in [6.07, 6.45) is 3.11. The van der Waals surface area contributed by atoms with Gasteiger partial charge in [-0.2, -0.15) is 13.9 Å². The molecule has 1 aromatic carbocycles. The van der Waals surface area contributed by atoms with Gasteiger partial charge in [-0.1, -0.05) is 6.07 Å². The first-order valence-corrected chi connectivity index (χ1v) is 6.05. The van der Waals surface area contributed by atoms with E-state index in [1.165, 1.54) is 29.1 Å². The van der Waals surface area contributed by atoms with Gasteiger partial charge in [-0.15, -0.1) is 0 Å². The van der Waals surface area contributed by atoms with Crippen LogP contribution in [0.15, 0.2) is 36.7 Å². The van der Waals surface area contributed by atoms with Crippen LogP contribution in [0.1, 0.15) is 11.6 Å². The van der Waals surface area contributed by atoms with Gasteiger partial charge >= 0.3 is 6.61 Å². The molecule has 0 radical (unpaired) electrons. The number of alkyl halides is 2. The van der Waals surface area contributed by atoms with E-state index in [4.69, 9.17) is 5.73 Å². The Labute approximate surface area is 119 Å². The molecule has 21 heavy (non-hydrogen) atoms. The smallest absolute Gasteiger partial charge is 0.387 e. The van der Waals surface area contributed by atoms with Crippen molar-refractivity contribution in [2.45, 2.75) is 12.7 Å². The van der Waals surface area contributed by atoms with Gasteiger partial charge in [0.15, 0.2) is 0 Å². The molecule has 1 aromatic heterocycles. The predicted molar refractivity (Wildman–Crippen MR) is 71.8 cm³/mol. The van der Waals surface area contributed by atoms with Crippen LogP contribution >= 0.6 is 0 Å². The summed E-state index contributed by atoms with van der Waals surface area (Å²) in [5, 5.41) is 6.46. The summed E-state index contributed by atoms with van der Waals surface area (Å²) in [5.74, 6) is -0.519. The molecule has 0 bridgehead atoms. The van der Waals surface area contributed by atoms with Gasteiger partial charge in [0.2, 0.25) is 5.91 Å². The van der Waals surface area contributed by atoms with Crippen LogP contribution < -0.4 is 15.8 Å². The Bertz CT molecular complexity index is 630. The normalized spacial score (nSPS) is 12.2. The molecule has 0 saturated carbocycles. The SMILES string of the molecule is Cn1cc(C(N)C(=O)Nc2cccc(OC(F)F)c2)cn1. The van der Waals surface area contributed by atoms with Crippen molar-refractivity contribution in [3.05, 3.63) is 42.2 Å². The Morgan fingerprint density at radius 1 is 1.48 bits per heavy atom. The molecule has 3 N–H and O–H groups in total. The van der Waals surface area contributed by atoms with Gasteiger partial charge in [0.05, 0.1) is 6.20 Å². The minimum atomic E-state index is -2.92. The molecule has 6 nitrogen and oxygen atoms in total. The fraction of sp³-hybridized carbons (Fsp3) is 0.231. The second kappa shape index (κ2) is 6.31. The Morgan fingerprint density at radius 3 is 2.86 bits per heavy atom. The lowest BCUT2D eigenvalue weighted by molar-refractivity contribution is -0.117. The molecule has 0 aliphatic carbocycles. The Hall–Kier alpha value is -2.48. The van der Waals surface area contributed by atoms with Crippen LogP contribution in [-0.4, -0.2) is 22.3 Å². The molecular formula is C13H14F2N4O2. The molecule has 2 rings (SSSR count). The number of carbonyl (C=O) groups is 1. The summed E-state index contributed by atoms with van der Waals surface area (Å²) in [5.41, 5.74) is 6.67. The molecule has 0 aliphatic rings. The number of halogens is 2. The zero-order valence-electron chi connectivity index (χ0n) is 11.2. The van der Waals surface area contributed by atoms with Gasteiger partial charge in [-0.3, -0.25) is 9.48 Å². The van der Waals surface area contributed by atoms with Crippen molar-refractivity contribution in [1.82, 2.24) is 9.78 Å². The highest BCUT2D eigenvalue weighted by atomic mass is 19.3. The van der Waals surface area contributed by atoms with Crippen molar-refractivity contribution >= 4 is 11.6 Å². The minimum Gasteiger partial charge on any atom is -0.435 e. The zero-order chi connectivity index (χ0) is 15.4. The van der Waals surface area contributed by atoms with E-state index in [-0.39, 0.29) is 5.75 Å². The predicted octanol–water partition coefficient (Wildman–Crippen LogP) is 1.66. The summed E-state index contributed by atoms with van der Waals surface area (Å²) in [6, 6.07) is 4.79. The average molecular weight is 296 g/mol. The lowest BCUT2D eigenvalue weighted by Crippen LogP contribution is -2.27. The van der Waals surface area contributed by atoms with Gasteiger partial charge in [-0.25, -0.2) is 0 Å². The molecule has 8 heteroatoms. The second-order valence-corrected chi connectivity index (χ2v) is 4.32. The van der Waals surface area contributed by atoms with Crippen molar-refractivity contribution in [3.63, 3.8) is 0 Å². The molecule has 1 amide bonds. The monoisotopic (exact) mass is 296 g/mol. The summed E-state index contributed by atoms with van der Waals surface area (Å²) < 4.78 is 30.0. The van der Waals surface area contributed by atoms with Crippen LogP contribution in [-0.2, 0) is 11.8 Å². The van der Waals surface area contributed by atoms with Crippen LogP contribution in [0.2, 0.25) is 0 Å². The van der Waals surface area contributed by atoms with Crippen molar-refractivity contribution in [2.24, 2.45) is 12.8 Å². The quantitative estimate of drug-likeness (QED) is 0.879. The number of carbonyl (C=O) groups excluding carboxylic acids is 1. The summed E-state index contributed by atoms with van der Waals surface area (Å²) in [6.45, 7) is -2.92. The fourth-order valence-electron chi connectivity index (χ4n) is 1.72. The molecule has 1 atom stereocenters. The molecule has 2 aromatic rings. The number of nitrogens with two attached hydrogens (primary N) is 1. The third-order valence-corrected chi connectivity index (χ3v) is 2.69. The lowest BCUT2D eigenvalue weighted by atomic mass is 10.1. The first kappa shape index (κ1) is 14.9. The van der Waals surface area contributed by atoms with Gasteiger partial charge < -0.3 is 15.8 Å². The second-order valence-electron chi connectivity index (χ2n) is 4.32. The van der Waals surface area contributed by atoms with Crippen molar-refractivity contribution < 1.29 is 18.3 Å². The van der Waals surface area contributed by atoms with Crippen molar-refractivity contribution in [1.29, 1.82) is 0 Å². The van der Waals surface area contributed by atoms with E-state index in [1.54, 1.807) is 19.3 Å². The van der Waals surface area contributed by atoms with E-state index >= 15 is 0 Å². The summed E-state index contributed by atoms with van der Waals surface area (Å²) in [4.78, 5) is 12.0. The van der Waals surface area contributed by atoms with E-state index in [0.717, 1.165) is 0 Å². The number of nitrogens with zero attached hydrogens (tertiary/aromatic N) is 2. The van der Waals surface area contributed by atoms with Crippen molar-refractivity contribution in [3.8, 4) is 5.75 Å². The average Bonchev–Trinajstić information content (AvgIpc) is 2.84. The van der Waals surface area contributed by atoms with E-state index < -0.39 is 18.6 Å². The molecule has 0 saturated heterocycles. The Kier molecular flexibility index (Phi) is 4.49. The highest BCUT2D eigenvalue weighted by Gasteiger charge is 2.17. The molecule has 0 fully saturated rings. The van der Waals surface area contributed by atoms with E-state index in [1.807, 2.05) is 0 Å². The number of aryl methyl sites for hydroxylation is 1. The maximum absolute atomic E-state index is 12.1. The minimum absolute atomic E-state index is 0.0438. The summed E-state index contributed by atoms with van der Waals surface area (Å²) >= 11 is 0. The number of nitrogens with one attached hydrogen (secondary N) is 1. The van der Waals surface area contributed by atoms with Gasteiger partial charge in [0.25, 0.3) is 0 Å². The molecule has 1 heterocycles. The fourth-order valence-corrected chi connectivity index (χ4v) is 1.72. The van der Waals surface area contributed by atoms with Crippen LogP contribution in [0.5, 0.6) is 5.75 Å². The number of amides is 1. The van der Waals surface area contributed by atoms with Crippen LogP contribution in [0.25, 0.3) is 0 Å². The molecule has 0 aliphatic heterocycles. The maximum atomic E-state index is 12.1. The molecular weight excluding hydrogens is 282 g/mol. The standard InChI is InChI=1S/C13H14F2N4O2/c1-19-7-8(6-17-19)11(16)12(20)18-9-3-2-4-10(5-9)21-13(14)15/h2-7,11,13H,16H2,1H3,(H,18,20). The van der Waals surface area contributed by atoms with Crippen LogP contribution in [0.3, 0.4) is 0 Å². The van der Waals surface area contributed by atoms with Crippen molar-refractivity contribution in [2.75, 3.05) is 5.32 Å². The molecule has 0 spiro atoms. The third kappa shape index (κ3) is 3.99. The number of hydrogen-bond donors (Lipinski definition) is 2. The number of ether oxygens (including phenoxy) is 1. The zero-order valence-corrected chi connectivity index (χ0v) is 11.2. The maximum Gasteiger partial charge on any atom is 0.387 e. The highest BCUT2D eigenvalue weighted by molar-refractivity contribution is 5.95. The van der Waals surface area contributed by atoms with Gasteiger partial charge in [0, 0.05) is 30.6 Å².